The van der Waals surface area contributed by atoms with E-state index in [-0.39, 0.29) is 6.04 Å². The molecule has 94 valence electrons. The van der Waals surface area contributed by atoms with E-state index >= 15 is 0 Å². The first kappa shape index (κ1) is 11.8. The maximum absolute atomic E-state index is 9.03. The molecule has 0 amide bonds. The summed E-state index contributed by atoms with van der Waals surface area (Å²) < 4.78 is 0. The molecule has 0 radical (unpaired) electrons. The maximum atomic E-state index is 9.03. The second-order valence-corrected chi connectivity index (χ2v) is 5.51. The molecule has 0 aliphatic carbocycles. The summed E-state index contributed by atoms with van der Waals surface area (Å²) in [6.45, 7) is 0. The lowest BCUT2D eigenvalue weighted by Gasteiger charge is -2.39. The van der Waals surface area contributed by atoms with Crippen molar-refractivity contribution in [3.05, 3.63) is 22.8 Å². The third kappa shape index (κ3) is 1.75. The van der Waals surface area contributed by atoms with Crippen molar-refractivity contribution in [3.8, 4) is 6.07 Å². The SMILES string of the molecule is N#Cc1ccnc(N2C3CCC2CC(N)C3)c1Cl. The molecule has 3 rings (SSSR count). The summed E-state index contributed by atoms with van der Waals surface area (Å²) in [4.78, 5) is 6.66. The Bertz CT molecular complexity index is 496. The zero-order valence-electron chi connectivity index (χ0n) is 10.0. The Morgan fingerprint density at radius 1 is 1.39 bits per heavy atom. The molecule has 2 aliphatic rings. The van der Waals surface area contributed by atoms with E-state index in [4.69, 9.17) is 22.6 Å². The molecule has 2 N–H and O–H groups in total. The molecular weight excluding hydrogens is 248 g/mol. The van der Waals surface area contributed by atoms with E-state index in [1.54, 1.807) is 12.3 Å². The van der Waals surface area contributed by atoms with Gasteiger partial charge in [-0.25, -0.2) is 4.98 Å². The number of anilines is 1. The molecule has 3 heterocycles. The fourth-order valence-corrected chi connectivity index (χ4v) is 3.52. The number of pyridine rings is 1. The average Bonchev–Trinajstić information content (AvgIpc) is 2.62. The van der Waals surface area contributed by atoms with Crippen LogP contribution in [-0.2, 0) is 0 Å². The summed E-state index contributed by atoms with van der Waals surface area (Å²) >= 11 is 6.28. The molecule has 1 aromatic rings. The van der Waals surface area contributed by atoms with E-state index in [1.807, 2.05) is 0 Å². The van der Waals surface area contributed by atoms with Gasteiger partial charge in [0, 0.05) is 24.3 Å². The van der Waals surface area contributed by atoms with Crippen molar-refractivity contribution >= 4 is 17.4 Å². The van der Waals surface area contributed by atoms with Crippen LogP contribution in [0.3, 0.4) is 0 Å². The summed E-state index contributed by atoms with van der Waals surface area (Å²) in [6, 6.07) is 4.91. The number of rotatable bonds is 1. The smallest absolute Gasteiger partial charge is 0.149 e. The summed E-state index contributed by atoms with van der Waals surface area (Å²) in [5, 5.41) is 9.51. The zero-order valence-corrected chi connectivity index (χ0v) is 10.8. The Balaban J connectivity index is 1.99. The Labute approximate surface area is 111 Å². The number of aromatic nitrogens is 1. The van der Waals surface area contributed by atoms with Gasteiger partial charge in [-0.3, -0.25) is 0 Å². The minimum Gasteiger partial charge on any atom is -0.349 e. The predicted octanol–water partition coefficient (Wildman–Crippen LogP) is 2.07. The van der Waals surface area contributed by atoms with Crippen molar-refractivity contribution in [1.29, 1.82) is 5.26 Å². The van der Waals surface area contributed by atoms with Crippen LogP contribution >= 0.6 is 11.6 Å². The van der Waals surface area contributed by atoms with E-state index in [0.717, 1.165) is 31.5 Å². The molecule has 2 aliphatic heterocycles. The van der Waals surface area contributed by atoms with Gasteiger partial charge in [-0.15, -0.1) is 0 Å². The van der Waals surface area contributed by atoms with Crippen LogP contribution in [0.5, 0.6) is 0 Å². The van der Waals surface area contributed by atoms with Gasteiger partial charge in [0.25, 0.3) is 0 Å². The number of nitriles is 1. The van der Waals surface area contributed by atoms with Crippen LogP contribution in [0.1, 0.15) is 31.2 Å². The number of piperidine rings is 1. The molecule has 5 heteroatoms. The van der Waals surface area contributed by atoms with Gasteiger partial charge < -0.3 is 10.6 Å². The fraction of sp³-hybridized carbons (Fsp3) is 0.538. The quantitative estimate of drug-likeness (QED) is 0.841. The molecule has 2 bridgehead atoms. The average molecular weight is 263 g/mol. The summed E-state index contributed by atoms with van der Waals surface area (Å²) in [6.07, 6.45) is 5.94. The molecule has 2 unspecified atom stereocenters. The first-order chi connectivity index (χ1) is 8.70. The Morgan fingerprint density at radius 2 is 2.06 bits per heavy atom. The zero-order chi connectivity index (χ0) is 12.7. The highest BCUT2D eigenvalue weighted by Gasteiger charge is 2.41. The monoisotopic (exact) mass is 262 g/mol. The molecule has 2 fully saturated rings. The lowest BCUT2D eigenvalue weighted by molar-refractivity contribution is 0.412. The number of fused-ring (bicyclic) bond motifs is 2. The van der Waals surface area contributed by atoms with Crippen molar-refractivity contribution < 1.29 is 0 Å². The highest BCUT2D eigenvalue weighted by molar-refractivity contribution is 6.34. The summed E-state index contributed by atoms with van der Waals surface area (Å²) in [5.41, 5.74) is 6.55. The van der Waals surface area contributed by atoms with Crippen LogP contribution in [0.25, 0.3) is 0 Å². The van der Waals surface area contributed by atoms with Gasteiger partial charge in [0.15, 0.2) is 0 Å². The van der Waals surface area contributed by atoms with Crippen molar-refractivity contribution in [1.82, 2.24) is 4.98 Å². The largest absolute Gasteiger partial charge is 0.349 e. The second-order valence-electron chi connectivity index (χ2n) is 5.13. The number of nitrogens with zero attached hydrogens (tertiary/aromatic N) is 3. The second kappa shape index (κ2) is 4.42. The molecule has 0 spiro atoms. The fourth-order valence-electron chi connectivity index (χ4n) is 3.26. The molecule has 0 aromatic carbocycles. The van der Waals surface area contributed by atoms with Crippen molar-refractivity contribution in [3.63, 3.8) is 0 Å². The molecular formula is C13H15ClN4. The molecule has 2 saturated heterocycles. The highest BCUT2D eigenvalue weighted by Crippen LogP contribution is 2.41. The third-order valence-corrected chi connectivity index (χ3v) is 4.38. The van der Waals surface area contributed by atoms with E-state index in [1.165, 1.54) is 0 Å². The van der Waals surface area contributed by atoms with Crippen molar-refractivity contribution in [2.45, 2.75) is 43.8 Å². The number of nitrogens with two attached hydrogens (primary N) is 1. The van der Waals surface area contributed by atoms with Gasteiger partial charge in [0.2, 0.25) is 0 Å². The predicted molar refractivity (Wildman–Crippen MR) is 70.5 cm³/mol. The van der Waals surface area contributed by atoms with Crippen molar-refractivity contribution in [2.75, 3.05) is 4.90 Å². The van der Waals surface area contributed by atoms with Gasteiger partial charge >= 0.3 is 0 Å². The first-order valence-corrected chi connectivity index (χ1v) is 6.67. The first-order valence-electron chi connectivity index (χ1n) is 6.29. The molecule has 1 aromatic heterocycles. The van der Waals surface area contributed by atoms with Gasteiger partial charge in [0.05, 0.1) is 5.56 Å². The van der Waals surface area contributed by atoms with Crippen LogP contribution in [0.2, 0.25) is 5.02 Å². The minimum atomic E-state index is 0.289. The molecule has 4 nitrogen and oxygen atoms in total. The van der Waals surface area contributed by atoms with E-state index < -0.39 is 0 Å². The number of halogens is 1. The summed E-state index contributed by atoms with van der Waals surface area (Å²) in [5.74, 6) is 0.759. The van der Waals surface area contributed by atoms with Crippen LogP contribution in [0, 0.1) is 11.3 Å². The topological polar surface area (TPSA) is 65.9 Å². The summed E-state index contributed by atoms with van der Waals surface area (Å²) in [7, 11) is 0. The van der Waals surface area contributed by atoms with E-state index in [2.05, 4.69) is 16.0 Å². The van der Waals surface area contributed by atoms with Crippen LogP contribution in [0.4, 0.5) is 5.82 Å². The Hall–Kier alpha value is -1.31. The lowest BCUT2D eigenvalue weighted by Crippen LogP contribution is -2.48. The Kier molecular flexibility index (Phi) is 2.89. The Morgan fingerprint density at radius 3 is 2.67 bits per heavy atom. The normalized spacial score (nSPS) is 30.3. The number of hydrogen-bond acceptors (Lipinski definition) is 4. The van der Waals surface area contributed by atoms with Gasteiger partial charge in [-0.2, -0.15) is 5.26 Å². The van der Waals surface area contributed by atoms with Crippen molar-refractivity contribution in [2.24, 2.45) is 5.73 Å². The standard InChI is InChI=1S/C13H15ClN4/c14-12-8(7-15)3-4-17-13(12)18-10-1-2-11(18)6-9(16)5-10/h3-4,9-11H,1-2,5-6,16H2. The van der Waals surface area contributed by atoms with Crippen LogP contribution in [-0.4, -0.2) is 23.1 Å². The molecule has 18 heavy (non-hydrogen) atoms. The van der Waals surface area contributed by atoms with E-state index in [0.29, 0.717) is 22.7 Å². The molecule has 2 atom stereocenters. The highest BCUT2D eigenvalue weighted by atomic mass is 35.5. The third-order valence-electron chi connectivity index (χ3n) is 4.01. The minimum absolute atomic E-state index is 0.289. The molecule has 0 saturated carbocycles. The van der Waals surface area contributed by atoms with E-state index in [9.17, 15) is 0 Å². The van der Waals surface area contributed by atoms with Gasteiger partial charge in [0.1, 0.15) is 16.9 Å². The van der Waals surface area contributed by atoms with Gasteiger partial charge in [-0.1, -0.05) is 11.6 Å². The maximum Gasteiger partial charge on any atom is 0.149 e. The van der Waals surface area contributed by atoms with Crippen LogP contribution < -0.4 is 10.6 Å². The lowest BCUT2D eigenvalue weighted by atomic mass is 9.98. The number of hydrogen-bond donors (Lipinski definition) is 1. The van der Waals surface area contributed by atoms with Gasteiger partial charge in [-0.05, 0) is 31.7 Å². The van der Waals surface area contributed by atoms with Crippen LogP contribution in [0.15, 0.2) is 12.3 Å².